The topological polar surface area (TPSA) is 20.2 Å². The minimum atomic E-state index is -0.704. The molecule has 0 heterocycles. The molecular formula is C3H9NaOSi. The van der Waals surface area contributed by atoms with Crippen LogP contribution in [0.1, 0.15) is 0 Å². The van der Waals surface area contributed by atoms with Gasteiger partial charge in [-0.2, -0.15) is 0 Å². The second-order valence-corrected chi connectivity index (χ2v) is 1.83. The second-order valence-electron chi connectivity index (χ2n) is 0.801. The first kappa shape index (κ1) is 10.0. The summed E-state index contributed by atoms with van der Waals surface area (Å²) in [6.07, 6.45) is 1.74. The van der Waals surface area contributed by atoms with Gasteiger partial charge in [-0.25, -0.2) is 0 Å². The maximum absolute atomic E-state index is 8.13. The van der Waals surface area contributed by atoms with Crippen molar-refractivity contribution in [3.05, 3.63) is 12.7 Å². The average molecular weight is 112 g/mol. The molecule has 3 heteroatoms. The quantitative estimate of drug-likeness (QED) is 0.359. The van der Waals surface area contributed by atoms with Crippen LogP contribution < -0.4 is 0 Å². The van der Waals surface area contributed by atoms with Crippen LogP contribution in [0.4, 0.5) is 0 Å². The number of allylic oxidation sites excluding steroid dienone is 1. The van der Waals surface area contributed by atoms with Gasteiger partial charge in [-0.15, -0.1) is 6.58 Å². The van der Waals surface area contributed by atoms with E-state index in [4.69, 9.17) is 4.80 Å². The molecule has 0 aliphatic heterocycles. The van der Waals surface area contributed by atoms with E-state index in [-0.39, 0.29) is 29.6 Å². The van der Waals surface area contributed by atoms with E-state index in [0.717, 1.165) is 6.04 Å². The Morgan fingerprint density at radius 1 is 1.83 bits per heavy atom. The van der Waals surface area contributed by atoms with E-state index < -0.39 is 9.76 Å². The van der Waals surface area contributed by atoms with Crippen molar-refractivity contribution in [2.24, 2.45) is 0 Å². The zero-order valence-corrected chi connectivity index (χ0v) is 4.56. The maximum atomic E-state index is 8.13. The normalized spacial score (nSPS) is 8.17. The summed E-state index contributed by atoms with van der Waals surface area (Å²) in [7, 11) is -0.704. The molecule has 0 saturated carbocycles. The van der Waals surface area contributed by atoms with Gasteiger partial charge in [0.1, 0.15) is 0 Å². The van der Waals surface area contributed by atoms with Gasteiger partial charge in [0, 0.05) is 0 Å². The third-order valence-corrected chi connectivity index (χ3v) is 1.000. The Morgan fingerprint density at radius 3 is 2.33 bits per heavy atom. The van der Waals surface area contributed by atoms with Crippen molar-refractivity contribution >= 4 is 39.3 Å². The van der Waals surface area contributed by atoms with Crippen LogP contribution in [0, 0.1) is 0 Å². The van der Waals surface area contributed by atoms with Crippen molar-refractivity contribution in [2.45, 2.75) is 6.04 Å². The fraction of sp³-hybridized carbons (Fsp3) is 0.333. The summed E-state index contributed by atoms with van der Waals surface area (Å²) in [5, 5.41) is 0. The third kappa shape index (κ3) is 8.87. The molecule has 0 fully saturated rings. The first-order valence-corrected chi connectivity index (χ1v) is 3.27. The van der Waals surface area contributed by atoms with Gasteiger partial charge in [-0.05, 0) is 6.04 Å². The summed E-state index contributed by atoms with van der Waals surface area (Å²) in [5.74, 6) is 0. The van der Waals surface area contributed by atoms with Gasteiger partial charge >= 0.3 is 29.6 Å². The van der Waals surface area contributed by atoms with E-state index in [9.17, 15) is 0 Å². The summed E-state index contributed by atoms with van der Waals surface area (Å²) < 4.78 is 0. The van der Waals surface area contributed by atoms with Crippen LogP contribution in [0.2, 0.25) is 6.04 Å². The molecule has 0 rings (SSSR count). The Hall–Kier alpha value is 0.917. The first-order valence-electron chi connectivity index (χ1n) is 1.63. The fourth-order valence-corrected chi connectivity index (χ4v) is 0.274. The van der Waals surface area contributed by atoms with Crippen molar-refractivity contribution < 1.29 is 4.80 Å². The third-order valence-electron chi connectivity index (χ3n) is 0.333. The molecule has 1 nitrogen and oxygen atoms in total. The zero-order valence-electron chi connectivity index (χ0n) is 3.15. The molecule has 6 heavy (non-hydrogen) atoms. The molecule has 0 atom stereocenters. The predicted molar refractivity (Wildman–Crippen MR) is 32.9 cm³/mol. The monoisotopic (exact) mass is 112 g/mol. The summed E-state index contributed by atoms with van der Waals surface area (Å²) >= 11 is 0. The van der Waals surface area contributed by atoms with Crippen molar-refractivity contribution in [1.82, 2.24) is 0 Å². The standard InChI is InChI=1S/C3H8OSi.Na.H/c1-2-3-5-4;;/h2,4H,1,3,5H2;;. The van der Waals surface area contributed by atoms with Crippen LogP contribution in [-0.2, 0) is 0 Å². The van der Waals surface area contributed by atoms with E-state index in [1.165, 1.54) is 0 Å². The molecule has 0 bridgehead atoms. The van der Waals surface area contributed by atoms with E-state index in [0.29, 0.717) is 0 Å². The van der Waals surface area contributed by atoms with E-state index in [1.54, 1.807) is 6.08 Å². The van der Waals surface area contributed by atoms with Gasteiger partial charge in [0.2, 0.25) is 0 Å². The van der Waals surface area contributed by atoms with Gasteiger partial charge in [0.25, 0.3) is 0 Å². The van der Waals surface area contributed by atoms with Crippen molar-refractivity contribution in [3.8, 4) is 0 Å². The molecule has 0 aromatic rings. The van der Waals surface area contributed by atoms with Crippen LogP contribution in [0.25, 0.3) is 0 Å². The summed E-state index contributed by atoms with van der Waals surface area (Å²) in [5.41, 5.74) is 0. The van der Waals surface area contributed by atoms with Crippen LogP contribution in [0.5, 0.6) is 0 Å². The van der Waals surface area contributed by atoms with Gasteiger partial charge in [0.15, 0.2) is 9.76 Å². The number of hydrogen-bond acceptors (Lipinski definition) is 1. The second kappa shape index (κ2) is 9.32. The molecular weight excluding hydrogens is 103 g/mol. The molecule has 0 amide bonds. The Balaban J connectivity index is 0. The van der Waals surface area contributed by atoms with Crippen LogP contribution in [-0.4, -0.2) is 44.1 Å². The molecule has 0 aromatic carbocycles. The van der Waals surface area contributed by atoms with Gasteiger partial charge in [0.05, 0.1) is 0 Å². The summed E-state index contributed by atoms with van der Waals surface area (Å²) in [6.45, 7) is 3.43. The minimum absolute atomic E-state index is 0. The van der Waals surface area contributed by atoms with Crippen LogP contribution in [0.3, 0.4) is 0 Å². The predicted octanol–water partition coefficient (Wildman–Crippen LogP) is -0.982. The zero-order chi connectivity index (χ0) is 4.12. The van der Waals surface area contributed by atoms with Crippen LogP contribution in [0.15, 0.2) is 12.7 Å². The summed E-state index contributed by atoms with van der Waals surface area (Å²) in [6, 6.07) is 0.847. The Morgan fingerprint density at radius 2 is 2.33 bits per heavy atom. The summed E-state index contributed by atoms with van der Waals surface area (Å²) in [4.78, 5) is 8.13. The average Bonchev–Trinajstić information content (AvgIpc) is 1.41. The van der Waals surface area contributed by atoms with Gasteiger partial charge in [-0.1, -0.05) is 6.08 Å². The molecule has 0 spiro atoms. The Bertz CT molecular complexity index is 32.0. The van der Waals surface area contributed by atoms with Crippen LogP contribution >= 0.6 is 0 Å². The van der Waals surface area contributed by atoms with E-state index in [2.05, 4.69) is 6.58 Å². The molecule has 0 aliphatic carbocycles. The van der Waals surface area contributed by atoms with Crippen molar-refractivity contribution in [3.63, 3.8) is 0 Å². The fourth-order valence-electron chi connectivity index (χ4n) is 0.0913. The van der Waals surface area contributed by atoms with Gasteiger partial charge in [-0.3, -0.25) is 0 Å². The van der Waals surface area contributed by atoms with Crippen molar-refractivity contribution in [2.75, 3.05) is 0 Å². The molecule has 1 N–H and O–H groups in total. The number of hydrogen-bond donors (Lipinski definition) is 1. The van der Waals surface area contributed by atoms with Crippen molar-refractivity contribution in [1.29, 1.82) is 0 Å². The van der Waals surface area contributed by atoms with E-state index >= 15 is 0 Å². The molecule has 0 aliphatic rings. The van der Waals surface area contributed by atoms with Gasteiger partial charge < -0.3 is 4.80 Å². The molecule has 32 valence electrons. The Kier molecular flexibility index (Phi) is 15.6. The first-order chi connectivity index (χ1) is 2.41. The molecule has 0 radical (unpaired) electrons. The SMILES string of the molecule is C=CC[SiH2]O.[NaH]. The molecule has 0 saturated heterocycles. The molecule has 0 aromatic heterocycles. The number of rotatable bonds is 2. The molecule has 0 unspecified atom stereocenters. The van der Waals surface area contributed by atoms with E-state index in [1.807, 2.05) is 0 Å². The Labute approximate surface area is 62.7 Å².